The molecule has 0 bridgehead atoms. The van der Waals surface area contributed by atoms with Crippen LogP contribution in [0.5, 0.6) is 5.75 Å². The fourth-order valence-electron chi connectivity index (χ4n) is 3.77. The molecular formula is C23H25NO4. The molecule has 0 aromatic heterocycles. The lowest BCUT2D eigenvalue weighted by molar-refractivity contribution is -0.131. The molecule has 1 aliphatic rings. The highest BCUT2D eigenvalue weighted by atomic mass is 16.5. The summed E-state index contributed by atoms with van der Waals surface area (Å²) in [5, 5.41) is 0. The van der Waals surface area contributed by atoms with Gasteiger partial charge in [-0.2, -0.15) is 0 Å². The van der Waals surface area contributed by atoms with Crippen LogP contribution in [0.3, 0.4) is 0 Å². The van der Waals surface area contributed by atoms with E-state index in [0.717, 1.165) is 31.1 Å². The van der Waals surface area contributed by atoms with Crippen LogP contribution in [0, 0.1) is 5.41 Å². The lowest BCUT2D eigenvalue weighted by Crippen LogP contribution is -2.43. The molecule has 0 radical (unpaired) electrons. The largest absolute Gasteiger partial charge is 0.423 e. The second-order valence-corrected chi connectivity index (χ2v) is 7.45. The lowest BCUT2D eigenvalue weighted by atomic mass is 9.72. The summed E-state index contributed by atoms with van der Waals surface area (Å²) in [6.07, 6.45) is 3.87. The summed E-state index contributed by atoms with van der Waals surface area (Å²) in [6, 6.07) is 16.3. The van der Waals surface area contributed by atoms with Crippen LogP contribution in [0.1, 0.15) is 42.1 Å². The van der Waals surface area contributed by atoms with Gasteiger partial charge in [-0.3, -0.25) is 4.79 Å². The Bertz CT molecular complexity index is 821. The third-order valence-corrected chi connectivity index (χ3v) is 5.51. The molecule has 146 valence electrons. The first-order valence-corrected chi connectivity index (χ1v) is 9.57. The molecule has 0 unspecified atom stereocenters. The smallest absolute Gasteiger partial charge is 0.343 e. The van der Waals surface area contributed by atoms with Gasteiger partial charge in [0.25, 0.3) is 0 Å². The van der Waals surface area contributed by atoms with E-state index in [9.17, 15) is 14.4 Å². The number of rotatable bonds is 6. The Labute approximate surface area is 165 Å². The Morgan fingerprint density at radius 2 is 1.68 bits per heavy atom. The van der Waals surface area contributed by atoms with Gasteiger partial charge in [0.1, 0.15) is 12.0 Å². The summed E-state index contributed by atoms with van der Waals surface area (Å²) in [6.45, 7) is 2.97. The summed E-state index contributed by atoms with van der Waals surface area (Å²) in [7, 11) is 0. The van der Waals surface area contributed by atoms with E-state index in [4.69, 9.17) is 4.74 Å². The molecule has 0 spiro atoms. The minimum atomic E-state index is -0.387. The highest BCUT2D eigenvalue weighted by molar-refractivity contribution is 5.90. The molecule has 5 heteroatoms. The number of piperidine rings is 1. The second kappa shape index (κ2) is 8.83. The van der Waals surface area contributed by atoms with E-state index in [1.807, 2.05) is 23.1 Å². The topological polar surface area (TPSA) is 63.7 Å². The van der Waals surface area contributed by atoms with Crippen molar-refractivity contribution in [1.29, 1.82) is 0 Å². The van der Waals surface area contributed by atoms with Gasteiger partial charge in [0.15, 0.2) is 0 Å². The SMILES string of the molecule is CC(=O)N1CCC(CC=O)(Cc2ccc(OC(=O)c3ccccc3)cc2)CC1. The van der Waals surface area contributed by atoms with Gasteiger partial charge in [0.2, 0.25) is 5.91 Å². The Kier molecular flexibility index (Phi) is 6.24. The van der Waals surface area contributed by atoms with Crippen molar-refractivity contribution in [3.05, 3.63) is 65.7 Å². The molecule has 2 aromatic rings. The van der Waals surface area contributed by atoms with Gasteiger partial charge in [0, 0.05) is 26.4 Å². The normalized spacial score (nSPS) is 15.7. The molecule has 1 aliphatic heterocycles. The second-order valence-electron chi connectivity index (χ2n) is 7.45. The predicted octanol–water partition coefficient (Wildman–Crippen LogP) is 3.67. The van der Waals surface area contributed by atoms with Crippen LogP contribution in [-0.2, 0) is 16.0 Å². The quantitative estimate of drug-likeness (QED) is 0.436. The summed E-state index contributed by atoms with van der Waals surface area (Å²) in [4.78, 5) is 36.8. The van der Waals surface area contributed by atoms with Crippen molar-refractivity contribution in [3.8, 4) is 5.75 Å². The van der Waals surface area contributed by atoms with Crippen LogP contribution < -0.4 is 4.74 Å². The lowest BCUT2D eigenvalue weighted by Gasteiger charge is -2.41. The van der Waals surface area contributed by atoms with Gasteiger partial charge in [-0.25, -0.2) is 4.79 Å². The van der Waals surface area contributed by atoms with Gasteiger partial charge >= 0.3 is 5.97 Å². The highest BCUT2D eigenvalue weighted by Crippen LogP contribution is 2.38. The fourth-order valence-corrected chi connectivity index (χ4v) is 3.77. The van der Waals surface area contributed by atoms with E-state index in [0.29, 0.717) is 30.8 Å². The number of esters is 1. The van der Waals surface area contributed by atoms with Crippen LogP contribution in [0.2, 0.25) is 0 Å². The number of likely N-dealkylation sites (tertiary alicyclic amines) is 1. The molecule has 0 atom stereocenters. The molecule has 5 nitrogen and oxygen atoms in total. The minimum absolute atomic E-state index is 0.0873. The minimum Gasteiger partial charge on any atom is -0.423 e. The molecular weight excluding hydrogens is 354 g/mol. The van der Waals surface area contributed by atoms with E-state index < -0.39 is 0 Å². The summed E-state index contributed by atoms with van der Waals surface area (Å²) in [5.74, 6) is 0.195. The average molecular weight is 379 g/mol. The number of carbonyl (C=O) groups is 3. The molecule has 3 rings (SSSR count). The average Bonchev–Trinajstić information content (AvgIpc) is 2.71. The summed E-state index contributed by atoms with van der Waals surface area (Å²) in [5.41, 5.74) is 1.49. The molecule has 0 N–H and O–H groups in total. The Morgan fingerprint density at radius 1 is 1.04 bits per heavy atom. The van der Waals surface area contributed by atoms with Gasteiger partial charge in [0.05, 0.1) is 5.56 Å². The summed E-state index contributed by atoms with van der Waals surface area (Å²) < 4.78 is 5.42. The molecule has 1 heterocycles. The Hall–Kier alpha value is -2.95. The highest BCUT2D eigenvalue weighted by Gasteiger charge is 2.35. The van der Waals surface area contributed by atoms with Crippen LogP contribution in [0.4, 0.5) is 0 Å². The Balaban J connectivity index is 1.64. The predicted molar refractivity (Wildman–Crippen MR) is 106 cm³/mol. The van der Waals surface area contributed by atoms with E-state index in [1.165, 1.54) is 0 Å². The molecule has 2 aromatic carbocycles. The molecule has 1 amide bonds. The number of hydrogen-bond acceptors (Lipinski definition) is 4. The van der Waals surface area contributed by atoms with Crippen molar-refractivity contribution in [1.82, 2.24) is 4.90 Å². The Morgan fingerprint density at radius 3 is 2.25 bits per heavy atom. The number of carbonyl (C=O) groups excluding carboxylic acids is 3. The zero-order valence-electron chi connectivity index (χ0n) is 16.1. The van der Waals surface area contributed by atoms with Crippen LogP contribution >= 0.6 is 0 Å². The van der Waals surface area contributed by atoms with Crippen molar-refractivity contribution < 1.29 is 19.1 Å². The first-order chi connectivity index (χ1) is 13.5. The number of nitrogens with zero attached hydrogens (tertiary/aromatic N) is 1. The fraction of sp³-hybridized carbons (Fsp3) is 0.348. The third-order valence-electron chi connectivity index (χ3n) is 5.51. The number of hydrogen-bond donors (Lipinski definition) is 0. The van der Waals surface area contributed by atoms with Crippen molar-refractivity contribution in [2.75, 3.05) is 13.1 Å². The number of benzene rings is 2. The maximum Gasteiger partial charge on any atom is 0.343 e. The van der Waals surface area contributed by atoms with E-state index in [-0.39, 0.29) is 17.3 Å². The van der Waals surface area contributed by atoms with E-state index in [1.54, 1.807) is 43.3 Å². The maximum absolute atomic E-state index is 12.1. The van der Waals surface area contributed by atoms with Crippen molar-refractivity contribution in [3.63, 3.8) is 0 Å². The summed E-state index contributed by atoms with van der Waals surface area (Å²) >= 11 is 0. The van der Waals surface area contributed by atoms with E-state index in [2.05, 4.69) is 0 Å². The van der Waals surface area contributed by atoms with Crippen LogP contribution in [0.15, 0.2) is 54.6 Å². The van der Waals surface area contributed by atoms with Crippen molar-refractivity contribution in [2.45, 2.75) is 32.6 Å². The number of aldehydes is 1. The van der Waals surface area contributed by atoms with Crippen LogP contribution in [-0.4, -0.2) is 36.2 Å². The maximum atomic E-state index is 12.1. The number of ether oxygens (including phenoxy) is 1. The van der Waals surface area contributed by atoms with Crippen molar-refractivity contribution in [2.24, 2.45) is 5.41 Å². The monoisotopic (exact) mass is 379 g/mol. The molecule has 0 saturated carbocycles. The standard InChI is InChI=1S/C23H25NO4/c1-18(26)24-14-11-23(12-15-24,13-16-25)17-19-7-9-21(10-8-19)28-22(27)20-5-3-2-4-6-20/h2-10,16H,11-15,17H2,1H3. The zero-order chi connectivity index (χ0) is 20.0. The molecule has 28 heavy (non-hydrogen) atoms. The van der Waals surface area contributed by atoms with Crippen molar-refractivity contribution >= 4 is 18.2 Å². The van der Waals surface area contributed by atoms with Gasteiger partial charge < -0.3 is 14.4 Å². The first-order valence-electron chi connectivity index (χ1n) is 9.57. The molecule has 0 aliphatic carbocycles. The van der Waals surface area contributed by atoms with Crippen LogP contribution in [0.25, 0.3) is 0 Å². The van der Waals surface area contributed by atoms with Gasteiger partial charge in [-0.05, 0) is 54.5 Å². The molecule has 1 fully saturated rings. The zero-order valence-corrected chi connectivity index (χ0v) is 16.1. The van der Waals surface area contributed by atoms with E-state index >= 15 is 0 Å². The number of amides is 1. The third kappa shape index (κ3) is 4.85. The molecule has 1 saturated heterocycles. The van der Waals surface area contributed by atoms with Gasteiger partial charge in [-0.1, -0.05) is 30.3 Å². The van der Waals surface area contributed by atoms with Gasteiger partial charge in [-0.15, -0.1) is 0 Å². The first kappa shape index (κ1) is 19.8.